The highest BCUT2D eigenvalue weighted by molar-refractivity contribution is 9.10. The van der Waals surface area contributed by atoms with Crippen LogP contribution in [0.2, 0.25) is 5.02 Å². The van der Waals surface area contributed by atoms with E-state index in [2.05, 4.69) is 48.9 Å². The van der Waals surface area contributed by atoms with Crippen LogP contribution in [0.3, 0.4) is 0 Å². The Labute approximate surface area is 138 Å². The molecule has 2 rings (SSSR count). The van der Waals surface area contributed by atoms with E-state index in [1.807, 2.05) is 6.07 Å². The lowest BCUT2D eigenvalue weighted by Gasteiger charge is -2.34. The molecule has 1 aliphatic carbocycles. The van der Waals surface area contributed by atoms with E-state index in [1.165, 1.54) is 37.7 Å². The molecular weight excluding hydrogens is 389 g/mol. The first-order valence-corrected chi connectivity index (χ1v) is 9.24. The maximum atomic E-state index is 6.34. The Morgan fingerprint density at radius 2 is 1.95 bits per heavy atom. The van der Waals surface area contributed by atoms with Crippen molar-refractivity contribution in [3.63, 3.8) is 0 Å². The summed E-state index contributed by atoms with van der Waals surface area (Å²) in [6.07, 6.45) is 6.81. The van der Waals surface area contributed by atoms with Crippen molar-refractivity contribution in [1.82, 2.24) is 4.90 Å². The maximum absolute atomic E-state index is 6.34. The van der Waals surface area contributed by atoms with Gasteiger partial charge in [-0.05, 0) is 30.5 Å². The summed E-state index contributed by atoms with van der Waals surface area (Å²) >= 11 is 13.4. The van der Waals surface area contributed by atoms with Gasteiger partial charge in [0.05, 0.1) is 0 Å². The Balaban J connectivity index is 2.06. The number of hydrogen-bond acceptors (Lipinski definition) is 1. The fourth-order valence-corrected chi connectivity index (χ4v) is 4.00. The second kappa shape index (κ2) is 8.02. The van der Waals surface area contributed by atoms with E-state index in [4.69, 9.17) is 11.6 Å². The fraction of sp³-hybridized carbons (Fsp3) is 0.600. The summed E-state index contributed by atoms with van der Waals surface area (Å²) in [5.74, 6) is 0. The quantitative estimate of drug-likeness (QED) is 0.570. The van der Waals surface area contributed by atoms with Gasteiger partial charge in [-0.15, -0.1) is 0 Å². The van der Waals surface area contributed by atoms with Crippen molar-refractivity contribution in [2.75, 3.05) is 11.9 Å². The molecule has 1 nitrogen and oxygen atoms in total. The second-order valence-electron chi connectivity index (χ2n) is 5.19. The van der Waals surface area contributed by atoms with Crippen molar-refractivity contribution in [2.45, 2.75) is 44.7 Å². The Hall–Kier alpha value is 0.430. The Morgan fingerprint density at radius 3 is 2.58 bits per heavy atom. The predicted octanol–water partition coefficient (Wildman–Crippen LogP) is 5.63. The highest BCUT2D eigenvalue weighted by Crippen LogP contribution is 2.27. The summed E-state index contributed by atoms with van der Waals surface area (Å²) in [5, 5.41) is 1.89. The molecule has 1 aliphatic rings. The summed E-state index contributed by atoms with van der Waals surface area (Å²) < 4.78 is 1.05. The minimum absolute atomic E-state index is 0.728. The highest BCUT2D eigenvalue weighted by atomic mass is 79.9. The summed E-state index contributed by atoms with van der Waals surface area (Å²) in [6, 6.07) is 6.93. The van der Waals surface area contributed by atoms with Crippen LogP contribution >= 0.6 is 43.5 Å². The maximum Gasteiger partial charge on any atom is 0.0462 e. The topological polar surface area (TPSA) is 3.24 Å². The zero-order chi connectivity index (χ0) is 13.7. The lowest BCUT2D eigenvalue weighted by atomic mass is 9.94. The van der Waals surface area contributed by atoms with Gasteiger partial charge in [0.15, 0.2) is 0 Å². The van der Waals surface area contributed by atoms with E-state index in [0.29, 0.717) is 0 Å². The molecule has 1 aromatic carbocycles. The lowest BCUT2D eigenvalue weighted by Crippen LogP contribution is -2.37. The number of halogens is 3. The highest BCUT2D eigenvalue weighted by Gasteiger charge is 2.21. The van der Waals surface area contributed by atoms with Crippen molar-refractivity contribution in [2.24, 2.45) is 0 Å². The summed E-state index contributed by atoms with van der Waals surface area (Å²) in [7, 11) is 0. The van der Waals surface area contributed by atoms with Crippen LogP contribution in [0, 0.1) is 0 Å². The molecule has 0 saturated heterocycles. The Bertz CT molecular complexity index is 405. The first kappa shape index (κ1) is 15.8. The molecule has 4 heteroatoms. The van der Waals surface area contributed by atoms with Crippen LogP contribution in [0.15, 0.2) is 22.7 Å². The number of alkyl halides is 1. The SMILES string of the molecule is Clc1cc(Br)ccc1CN(CCBr)C1CCCCC1. The van der Waals surface area contributed by atoms with Crippen LogP contribution in [0.25, 0.3) is 0 Å². The molecule has 1 fully saturated rings. The fourth-order valence-electron chi connectivity index (χ4n) is 2.81. The molecule has 1 aromatic rings. The molecular formula is C15H20Br2ClN. The molecule has 0 N–H and O–H groups in total. The van der Waals surface area contributed by atoms with Gasteiger partial charge >= 0.3 is 0 Å². The molecule has 19 heavy (non-hydrogen) atoms. The molecule has 0 aromatic heterocycles. The standard InChI is InChI=1S/C15H20Br2ClN/c16-8-9-19(14-4-2-1-3-5-14)11-12-6-7-13(17)10-15(12)18/h6-7,10,14H,1-5,8-9,11H2. The lowest BCUT2D eigenvalue weighted by molar-refractivity contribution is 0.158. The van der Waals surface area contributed by atoms with Crippen LogP contribution in [-0.4, -0.2) is 22.8 Å². The molecule has 0 spiro atoms. The van der Waals surface area contributed by atoms with Crippen LogP contribution in [-0.2, 0) is 6.54 Å². The van der Waals surface area contributed by atoms with E-state index >= 15 is 0 Å². The van der Waals surface area contributed by atoms with Crippen LogP contribution in [0.4, 0.5) is 0 Å². The predicted molar refractivity (Wildman–Crippen MR) is 90.2 cm³/mol. The van der Waals surface area contributed by atoms with Gasteiger partial charge < -0.3 is 0 Å². The second-order valence-corrected chi connectivity index (χ2v) is 7.30. The molecule has 0 radical (unpaired) electrons. The third kappa shape index (κ3) is 4.73. The van der Waals surface area contributed by atoms with Crippen molar-refractivity contribution < 1.29 is 0 Å². The third-order valence-electron chi connectivity index (χ3n) is 3.85. The van der Waals surface area contributed by atoms with Crippen LogP contribution in [0.5, 0.6) is 0 Å². The van der Waals surface area contributed by atoms with Crippen molar-refractivity contribution >= 4 is 43.5 Å². The molecule has 1 saturated carbocycles. The first-order chi connectivity index (χ1) is 9.20. The molecule has 0 amide bonds. The summed E-state index contributed by atoms with van der Waals surface area (Å²) in [5.41, 5.74) is 1.23. The van der Waals surface area contributed by atoms with Crippen LogP contribution in [0.1, 0.15) is 37.7 Å². The smallest absolute Gasteiger partial charge is 0.0462 e. The summed E-state index contributed by atoms with van der Waals surface area (Å²) in [4.78, 5) is 2.59. The molecule has 0 bridgehead atoms. The normalized spacial score (nSPS) is 17.1. The Morgan fingerprint density at radius 1 is 1.21 bits per heavy atom. The third-order valence-corrected chi connectivity index (χ3v) is 5.05. The van der Waals surface area contributed by atoms with Crippen molar-refractivity contribution in [3.05, 3.63) is 33.3 Å². The molecule has 0 aliphatic heterocycles. The molecule has 0 atom stereocenters. The van der Waals surface area contributed by atoms with Gasteiger partial charge in [0.1, 0.15) is 0 Å². The van der Waals surface area contributed by atoms with Crippen LogP contribution < -0.4 is 0 Å². The summed E-state index contributed by atoms with van der Waals surface area (Å²) in [6.45, 7) is 2.05. The number of hydrogen-bond donors (Lipinski definition) is 0. The Kier molecular flexibility index (Phi) is 6.67. The van der Waals surface area contributed by atoms with Gasteiger partial charge in [0, 0.05) is 34.0 Å². The van der Waals surface area contributed by atoms with Gasteiger partial charge in [-0.3, -0.25) is 4.90 Å². The van der Waals surface area contributed by atoms with E-state index in [0.717, 1.165) is 34.0 Å². The van der Waals surface area contributed by atoms with Gasteiger partial charge in [-0.1, -0.05) is 68.8 Å². The molecule has 106 valence electrons. The minimum Gasteiger partial charge on any atom is -0.295 e. The van der Waals surface area contributed by atoms with E-state index in [9.17, 15) is 0 Å². The first-order valence-electron chi connectivity index (χ1n) is 6.94. The average Bonchev–Trinajstić information content (AvgIpc) is 2.42. The van der Waals surface area contributed by atoms with E-state index < -0.39 is 0 Å². The van der Waals surface area contributed by atoms with E-state index in [-0.39, 0.29) is 0 Å². The van der Waals surface area contributed by atoms with Gasteiger partial charge in [-0.2, -0.15) is 0 Å². The largest absolute Gasteiger partial charge is 0.295 e. The zero-order valence-corrected chi connectivity index (χ0v) is 15.0. The van der Waals surface area contributed by atoms with Gasteiger partial charge in [-0.25, -0.2) is 0 Å². The van der Waals surface area contributed by atoms with Crippen molar-refractivity contribution in [1.29, 1.82) is 0 Å². The number of rotatable bonds is 5. The molecule has 0 unspecified atom stereocenters. The van der Waals surface area contributed by atoms with Gasteiger partial charge in [0.2, 0.25) is 0 Å². The van der Waals surface area contributed by atoms with E-state index in [1.54, 1.807) is 0 Å². The zero-order valence-electron chi connectivity index (χ0n) is 11.0. The minimum atomic E-state index is 0.728. The van der Waals surface area contributed by atoms with Crippen molar-refractivity contribution in [3.8, 4) is 0 Å². The molecule has 0 heterocycles. The monoisotopic (exact) mass is 407 g/mol. The number of nitrogens with zero attached hydrogens (tertiary/aromatic N) is 1. The van der Waals surface area contributed by atoms with Gasteiger partial charge in [0.25, 0.3) is 0 Å². The average molecular weight is 410 g/mol. The number of benzene rings is 1.